The van der Waals surface area contributed by atoms with Crippen LogP contribution in [0.1, 0.15) is 19.3 Å². The van der Waals surface area contributed by atoms with E-state index in [-0.39, 0.29) is 34.4 Å². The summed E-state index contributed by atoms with van der Waals surface area (Å²) in [5, 5.41) is 15.2. The van der Waals surface area contributed by atoms with Gasteiger partial charge in [-0.15, -0.1) is 11.8 Å². The molecule has 5 rings (SSSR count). The van der Waals surface area contributed by atoms with Gasteiger partial charge >= 0.3 is 0 Å². The molecule has 0 aliphatic carbocycles. The number of carbonyl (C=O) groups excluding carboxylic acids is 3. The number of ether oxygens (including phenoxy) is 1. The van der Waals surface area contributed by atoms with Crippen LogP contribution in [0.5, 0.6) is 5.75 Å². The van der Waals surface area contributed by atoms with Crippen LogP contribution in [0.15, 0.2) is 54.6 Å². The molecule has 2 aromatic carbocycles. The molecule has 2 bridgehead atoms. The Morgan fingerprint density at radius 1 is 1.08 bits per heavy atom. The average Bonchev–Trinajstić information content (AvgIpc) is 3.48. The van der Waals surface area contributed by atoms with Crippen molar-refractivity contribution < 1.29 is 24.2 Å². The second-order valence-corrected chi connectivity index (χ2v) is 12.4. The van der Waals surface area contributed by atoms with Crippen molar-refractivity contribution in [2.24, 2.45) is 11.8 Å². The number of hydrogen-bond acceptors (Lipinski definition) is 6. The second kappa shape index (κ2) is 10.7. The maximum Gasteiger partial charge on any atom is 0.248 e. The summed E-state index contributed by atoms with van der Waals surface area (Å²) in [7, 11) is 1.58. The number of halogens is 1. The van der Waals surface area contributed by atoms with E-state index in [1.807, 2.05) is 30.3 Å². The summed E-state index contributed by atoms with van der Waals surface area (Å²) in [6, 6.07) is 15.6. The number of hydrogen-bond donors (Lipinski definition) is 3. The summed E-state index contributed by atoms with van der Waals surface area (Å²) in [4.78, 5) is 43.0. The van der Waals surface area contributed by atoms with Gasteiger partial charge in [-0.2, -0.15) is 0 Å². The average molecular weight is 589 g/mol. The number of aliphatic hydroxyl groups excluding tert-OH is 1. The van der Waals surface area contributed by atoms with Crippen LogP contribution in [-0.4, -0.2) is 68.9 Å². The number of nitrogens with zero attached hydrogens (tertiary/aromatic N) is 1. The van der Waals surface area contributed by atoms with Crippen LogP contribution >= 0.6 is 27.7 Å². The predicted octanol–water partition coefficient (Wildman–Crippen LogP) is 3.51. The summed E-state index contributed by atoms with van der Waals surface area (Å²) >= 11 is 5.38. The molecule has 3 amide bonds. The third-order valence-electron chi connectivity index (χ3n) is 7.55. The van der Waals surface area contributed by atoms with Gasteiger partial charge in [-0.05, 0) is 55.7 Å². The molecule has 1 spiro atoms. The van der Waals surface area contributed by atoms with Gasteiger partial charge < -0.3 is 25.4 Å². The molecule has 0 aromatic heterocycles. The maximum atomic E-state index is 13.9. The molecule has 3 aliphatic rings. The minimum absolute atomic E-state index is 0.00162. The van der Waals surface area contributed by atoms with Gasteiger partial charge in [-0.1, -0.05) is 34.1 Å². The number of para-hydroxylation sites is 1. The van der Waals surface area contributed by atoms with Crippen LogP contribution in [0, 0.1) is 11.8 Å². The molecule has 196 valence electrons. The summed E-state index contributed by atoms with van der Waals surface area (Å²) in [6.07, 6.45) is 1.72. The molecule has 10 heteroatoms. The first-order chi connectivity index (χ1) is 17.9. The monoisotopic (exact) mass is 587 g/mol. The van der Waals surface area contributed by atoms with E-state index < -0.39 is 22.6 Å². The van der Waals surface area contributed by atoms with E-state index in [1.54, 1.807) is 48.0 Å². The third kappa shape index (κ3) is 4.64. The maximum absolute atomic E-state index is 13.9. The molecular weight excluding hydrogens is 558 g/mol. The number of carbonyl (C=O) groups is 3. The van der Waals surface area contributed by atoms with Crippen LogP contribution in [0.3, 0.4) is 0 Å². The lowest BCUT2D eigenvalue weighted by molar-refractivity contribution is -0.138. The number of aliphatic hydroxyl groups is 1. The Hall–Kier alpha value is -2.56. The Morgan fingerprint density at radius 2 is 1.76 bits per heavy atom. The first kappa shape index (κ1) is 26.1. The molecule has 0 radical (unpaired) electrons. The number of likely N-dealkylation sites (tertiary alicyclic amines) is 1. The summed E-state index contributed by atoms with van der Waals surface area (Å²) in [5.41, 5.74) is 1.29. The highest BCUT2D eigenvalue weighted by molar-refractivity contribution is 9.09. The number of anilines is 2. The lowest BCUT2D eigenvalue weighted by Crippen LogP contribution is -2.52. The molecular formula is C27H30BrN3O5S. The molecule has 2 aromatic rings. The minimum atomic E-state index is -0.727. The molecule has 0 saturated carbocycles. The number of alkyl halides is 1. The SMILES string of the molecule is COc1ccc(NC(=O)C2N(CCCCO)C(=O)[C@@H]3[C@@H](C(=O)Nc4ccccc4)[C@@H]4SC23CC4Br)cc1. The Bertz CT molecular complexity index is 1170. The van der Waals surface area contributed by atoms with E-state index in [4.69, 9.17) is 4.74 Å². The van der Waals surface area contributed by atoms with Gasteiger partial charge in [0.15, 0.2) is 0 Å². The normalized spacial score (nSPS) is 29.8. The topological polar surface area (TPSA) is 108 Å². The van der Waals surface area contributed by atoms with E-state index in [0.29, 0.717) is 42.9 Å². The zero-order chi connectivity index (χ0) is 26.2. The number of fused-ring (bicyclic) bond motifs is 1. The molecule has 3 aliphatic heterocycles. The number of unbranched alkanes of at least 4 members (excludes halogenated alkanes) is 1. The van der Waals surface area contributed by atoms with Gasteiger partial charge in [0.2, 0.25) is 17.7 Å². The van der Waals surface area contributed by atoms with Crippen molar-refractivity contribution in [3.63, 3.8) is 0 Å². The van der Waals surface area contributed by atoms with Crippen LogP contribution in [0.25, 0.3) is 0 Å². The zero-order valence-electron chi connectivity index (χ0n) is 20.4. The fourth-order valence-corrected chi connectivity index (χ4v) is 9.61. The first-order valence-electron chi connectivity index (χ1n) is 12.4. The lowest BCUT2D eigenvalue weighted by Gasteiger charge is -2.35. The molecule has 3 heterocycles. The van der Waals surface area contributed by atoms with Gasteiger partial charge in [-0.25, -0.2) is 0 Å². The van der Waals surface area contributed by atoms with Gasteiger partial charge in [0.05, 0.1) is 23.7 Å². The molecule has 3 unspecified atom stereocenters. The van der Waals surface area contributed by atoms with E-state index in [1.165, 1.54) is 0 Å². The number of nitrogens with one attached hydrogen (secondary N) is 2. The Kier molecular flexibility index (Phi) is 7.51. The summed E-state index contributed by atoms with van der Waals surface area (Å²) in [6.45, 7) is 0.366. The smallest absolute Gasteiger partial charge is 0.248 e. The lowest BCUT2D eigenvalue weighted by atomic mass is 9.70. The standard InChI is InChI=1S/C27H30BrN3O5S/c1-36-18-11-9-17(10-12-18)30-25(34)23-27-15-19(28)22(37-27)20(24(33)29-16-7-3-2-4-8-16)21(27)26(35)31(23)13-5-6-14-32/h2-4,7-12,19-23,32H,5-6,13-15H2,1H3,(H,29,33)(H,30,34)/t19?,20-,21+,22-,23?,27?/m1/s1. The summed E-state index contributed by atoms with van der Waals surface area (Å²) < 4.78 is 4.49. The van der Waals surface area contributed by atoms with E-state index >= 15 is 0 Å². The van der Waals surface area contributed by atoms with Crippen molar-refractivity contribution in [1.82, 2.24) is 4.90 Å². The van der Waals surface area contributed by atoms with Gasteiger partial charge in [-0.3, -0.25) is 14.4 Å². The first-order valence-corrected chi connectivity index (χ1v) is 14.2. The van der Waals surface area contributed by atoms with Crippen molar-refractivity contribution in [2.45, 2.75) is 40.1 Å². The largest absolute Gasteiger partial charge is 0.497 e. The number of rotatable bonds is 9. The summed E-state index contributed by atoms with van der Waals surface area (Å²) in [5.74, 6) is -1.09. The van der Waals surface area contributed by atoms with Crippen molar-refractivity contribution in [3.8, 4) is 5.75 Å². The third-order valence-corrected chi connectivity index (χ3v) is 10.8. The van der Waals surface area contributed by atoms with E-state index in [0.717, 1.165) is 0 Å². The number of thioether (sulfide) groups is 1. The van der Waals surface area contributed by atoms with Crippen molar-refractivity contribution >= 4 is 56.8 Å². The quantitative estimate of drug-likeness (QED) is 0.306. The van der Waals surface area contributed by atoms with Crippen molar-refractivity contribution in [3.05, 3.63) is 54.6 Å². The number of benzene rings is 2. The Labute approximate surface area is 228 Å². The van der Waals surface area contributed by atoms with Crippen LogP contribution in [0.4, 0.5) is 11.4 Å². The molecule has 8 nitrogen and oxygen atoms in total. The van der Waals surface area contributed by atoms with E-state index in [9.17, 15) is 19.5 Å². The fourth-order valence-electron chi connectivity index (χ4n) is 6.00. The molecule has 6 atom stereocenters. The fraction of sp³-hybridized carbons (Fsp3) is 0.444. The molecule has 3 N–H and O–H groups in total. The van der Waals surface area contributed by atoms with Crippen LogP contribution in [0.2, 0.25) is 0 Å². The van der Waals surface area contributed by atoms with Crippen LogP contribution in [-0.2, 0) is 14.4 Å². The van der Waals surface area contributed by atoms with E-state index in [2.05, 4.69) is 26.6 Å². The molecule has 3 fully saturated rings. The van der Waals surface area contributed by atoms with Crippen molar-refractivity contribution in [2.75, 3.05) is 30.9 Å². The zero-order valence-corrected chi connectivity index (χ0v) is 22.8. The highest BCUT2D eigenvalue weighted by atomic mass is 79.9. The highest BCUT2D eigenvalue weighted by Gasteiger charge is 2.75. The Morgan fingerprint density at radius 3 is 2.43 bits per heavy atom. The molecule has 3 saturated heterocycles. The van der Waals surface area contributed by atoms with Gasteiger partial charge in [0.25, 0.3) is 0 Å². The Balaban J connectivity index is 1.46. The van der Waals surface area contributed by atoms with Crippen LogP contribution < -0.4 is 15.4 Å². The second-order valence-electron chi connectivity index (χ2n) is 9.70. The molecule has 37 heavy (non-hydrogen) atoms. The number of amides is 3. The minimum Gasteiger partial charge on any atom is -0.497 e. The number of methoxy groups -OCH3 is 1. The van der Waals surface area contributed by atoms with Gasteiger partial charge in [0.1, 0.15) is 11.8 Å². The van der Waals surface area contributed by atoms with Gasteiger partial charge in [0, 0.05) is 34.6 Å². The highest BCUT2D eigenvalue weighted by Crippen LogP contribution is 2.67. The van der Waals surface area contributed by atoms with Crippen molar-refractivity contribution in [1.29, 1.82) is 0 Å². The predicted molar refractivity (Wildman–Crippen MR) is 147 cm³/mol.